The third kappa shape index (κ3) is 3.61. The smallest absolute Gasteiger partial charge is 0.273 e. The quantitative estimate of drug-likeness (QED) is 0.838. The van der Waals surface area contributed by atoms with E-state index in [-0.39, 0.29) is 24.2 Å². The van der Waals surface area contributed by atoms with E-state index in [4.69, 9.17) is 5.11 Å². The monoisotopic (exact) mass is 278 g/mol. The summed E-state index contributed by atoms with van der Waals surface area (Å²) in [6.07, 6.45) is 1.48. The van der Waals surface area contributed by atoms with Crippen molar-refractivity contribution in [3.8, 4) is 0 Å². The highest BCUT2D eigenvalue weighted by Crippen LogP contribution is 2.05. The van der Waals surface area contributed by atoms with Crippen LogP contribution < -0.4 is 5.32 Å². The molecule has 1 amide bonds. The Morgan fingerprint density at radius 2 is 2.35 bits per heavy atom. The summed E-state index contributed by atoms with van der Waals surface area (Å²) in [6, 6.07) is 5.78. The average Bonchev–Trinajstić information content (AvgIpc) is 2.87. The van der Waals surface area contributed by atoms with Crippen molar-refractivity contribution in [3.63, 3.8) is 0 Å². The van der Waals surface area contributed by atoms with Gasteiger partial charge in [-0.15, -0.1) is 5.10 Å². The molecule has 106 valence electrons. The van der Waals surface area contributed by atoms with Crippen LogP contribution in [0, 0.1) is 5.82 Å². The van der Waals surface area contributed by atoms with Gasteiger partial charge in [0.1, 0.15) is 5.82 Å². The van der Waals surface area contributed by atoms with Crippen molar-refractivity contribution in [3.05, 3.63) is 47.5 Å². The van der Waals surface area contributed by atoms with E-state index < -0.39 is 5.91 Å². The van der Waals surface area contributed by atoms with Gasteiger partial charge in [0.25, 0.3) is 5.91 Å². The fourth-order valence-corrected chi connectivity index (χ4v) is 1.65. The number of benzene rings is 1. The van der Waals surface area contributed by atoms with Gasteiger partial charge in [-0.2, -0.15) is 0 Å². The number of hydrogen-bond acceptors (Lipinski definition) is 4. The number of carbonyl (C=O) groups is 1. The summed E-state index contributed by atoms with van der Waals surface area (Å²) in [5, 5.41) is 19.0. The third-order valence-corrected chi connectivity index (χ3v) is 2.66. The van der Waals surface area contributed by atoms with E-state index >= 15 is 0 Å². The van der Waals surface area contributed by atoms with Crippen LogP contribution >= 0.6 is 0 Å². The highest BCUT2D eigenvalue weighted by Gasteiger charge is 2.13. The molecular formula is C13H15FN4O2. The predicted octanol–water partition coefficient (Wildman–Crippen LogP) is 0.576. The summed E-state index contributed by atoms with van der Waals surface area (Å²) < 4.78 is 14.5. The zero-order valence-electron chi connectivity index (χ0n) is 11.0. The van der Waals surface area contributed by atoms with E-state index in [0.29, 0.717) is 6.54 Å². The van der Waals surface area contributed by atoms with E-state index in [1.165, 1.54) is 23.0 Å². The van der Waals surface area contributed by atoms with Gasteiger partial charge in [0.2, 0.25) is 0 Å². The minimum Gasteiger partial charge on any atom is -0.394 e. The molecule has 0 saturated heterocycles. The minimum atomic E-state index is -0.406. The van der Waals surface area contributed by atoms with Crippen LogP contribution in [-0.4, -0.2) is 38.7 Å². The van der Waals surface area contributed by atoms with Crippen molar-refractivity contribution in [1.82, 2.24) is 20.3 Å². The number of halogens is 1. The lowest BCUT2D eigenvalue weighted by atomic mass is 10.2. The van der Waals surface area contributed by atoms with E-state index in [2.05, 4.69) is 15.6 Å². The zero-order valence-corrected chi connectivity index (χ0v) is 11.0. The number of carbonyl (C=O) groups excluding carboxylic acids is 1. The van der Waals surface area contributed by atoms with Gasteiger partial charge in [-0.1, -0.05) is 17.3 Å². The first-order valence-corrected chi connectivity index (χ1v) is 6.15. The SMILES string of the molecule is CC(CO)NC(=O)c1cn(Cc2cccc(F)c2)nn1. The van der Waals surface area contributed by atoms with Crippen molar-refractivity contribution >= 4 is 5.91 Å². The number of aromatic nitrogens is 3. The number of nitrogens with one attached hydrogen (secondary N) is 1. The zero-order chi connectivity index (χ0) is 14.5. The summed E-state index contributed by atoms with van der Waals surface area (Å²) in [5.41, 5.74) is 0.882. The second kappa shape index (κ2) is 6.25. The number of aliphatic hydroxyl groups is 1. The molecule has 0 spiro atoms. The summed E-state index contributed by atoms with van der Waals surface area (Å²) in [7, 11) is 0. The molecule has 0 fully saturated rings. The Labute approximate surface area is 115 Å². The molecule has 2 aromatic rings. The van der Waals surface area contributed by atoms with Crippen LogP contribution in [0.2, 0.25) is 0 Å². The normalized spacial score (nSPS) is 12.2. The Bertz CT molecular complexity index is 600. The molecule has 1 aromatic carbocycles. The van der Waals surface area contributed by atoms with Crippen LogP contribution in [0.25, 0.3) is 0 Å². The van der Waals surface area contributed by atoms with Crippen molar-refractivity contribution < 1.29 is 14.3 Å². The Morgan fingerprint density at radius 1 is 1.55 bits per heavy atom. The molecule has 1 aromatic heterocycles. The van der Waals surface area contributed by atoms with Gasteiger partial charge in [-0.3, -0.25) is 4.79 Å². The van der Waals surface area contributed by atoms with Gasteiger partial charge >= 0.3 is 0 Å². The van der Waals surface area contributed by atoms with Gasteiger partial charge in [0, 0.05) is 6.04 Å². The maximum absolute atomic E-state index is 13.1. The van der Waals surface area contributed by atoms with Gasteiger partial charge in [0.05, 0.1) is 19.3 Å². The van der Waals surface area contributed by atoms with E-state index in [0.717, 1.165) is 5.56 Å². The van der Waals surface area contributed by atoms with Crippen LogP contribution in [0.1, 0.15) is 23.0 Å². The molecule has 0 aliphatic heterocycles. The lowest BCUT2D eigenvalue weighted by molar-refractivity contribution is 0.0917. The van der Waals surface area contributed by atoms with Crippen LogP contribution in [0.15, 0.2) is 30.5 Å². The molecule has 0 bridgehead atoms. The first kappa shape index (κ1) is 14.1. The van der Waals surface area contributed by atoms with E-state index in [9.17, 15) is 9.18 Å². The van der Waals surface area contributed by atoms with Gasteiger partial charge in [-0.05, 0) is 24.6 Å². The highest BCUT2D eigenvalue weighted by molar-refractivity contribution is 5.92. The molecule has 0 saturated carbocycles. The molecule has 7 heteroatoms. The third-order valence-electron chi connectivity index (χ3n) is 2.66. The molecule has 0 aliphatic rings. The molecule has 1 unspecified atom stereocenters. The number of aliphatic hydroxyl groups excluding tert-OH is 1. The summed E-state index contributed by atoms with van der Waals surface area (Å²) in [6.45, 7) is 1.85. The number of nitrogens with zero attached hydrogens (tertiary/aromatic N) is 3. The first-order valence-electron chi connectivity index (χ1n) is 6.15. The standard InChI is InChI=1S/C13H15FN4O2/c1-9(8-19)15-13(20)12-7-18(17-16-12)6-10-3-2-4-11(14)5-10/h2-5,7,9,19H,6,8H2,1H3,(H,15,20). The number of hydrogen-bond donors (Lipinski definition) is 2. The van der Waals surface area contributed by atoms with Gasteiger partial charge in [0.15, 0.2) is 5.69 Å². The first-order chi connectivity index (χ1) is 9.58. The van der Waals surface area contributed by atoms with Crippen LogP contribution in [-0.2, 0) is 6.54 Å². The maximum Gasteiger partial charge on any atom is 0.273 e. The van der Waals surface area contributed by atoms with Crippen molar-refractivity contribution in [1.29, 1.82) is 0 Å². The Morgan fingerprint density at radius 3 is 3.05 bits per heavy atom. The van der Waals surface area contributed by atoms with Crippen molar-refractivity contribution in [2.24, 2.45) is 0 Å². The van der Waals surface area contributed by atoms with Crippen molar-refractivity contribution in [2.75, 3.05) is 6.61 Å². The molecule has 2 rings (SSSR count). The molecule has 1 atom stereocenters. The lowest BCUT2D eigenvalue weighted by Gasteiger charge is -2.08. The van der Waals surface area contributed by atoms with Gasteiger partial charge in [-0.25, -0.2) is 9.07 Å². The topological polar surface area (TPSA) is 80.0 Å². The fourth-order valence-electron chi connectivity index (χ4n) is 1.65. The highest BCUT2D eigenvalue weighted by atomic mass is 19.1. The predicted molar refractivity (Wildman–Crippen MR) is 69.5 cm³/mol. The summed E-state index contributed by atoms with van der Waals surface area (Å²) in [4.78, 5) is 11.7. The molecule has 0 radical (unpaired) electrons. The Balaban J connectivity index is 2.04. The lowest BCUT2D eigenvalue weighted by Crippen LogP contribution is -2.35. The van der Waals surface area contributed by atoms with Crippen LogP contribution in [0.5, 0.6) is 0 Å². The van der Waals surface area contributed by atoms with Crippen molar-refractivity contribution in [2.45, 2.75) is 19.5 Å². The van der Waals surface area contributed by atoms with Crippen LogP contribution in [0.3, 0.4) is 0 Å². The summed E-state index contributed by atoms with van der Waals surface area (Å²) in [5.74, 6) is -0.727. The molecule has 20 heavy (non-hydrogen) atoms. The van der Waals surface area contributed by atoms with Gasteiger partial charge < -0.3 is 10.4 Å². The Kier molecular flexibility index (Phi) is 4.41. The molecule has 6 nitrogen and oxygen atoms in total. The van der Waals surface area contributed by atoms with Crippen LogP contribution in [0.4, 0.5) is 4.39 Å². The maximum atomic E-state index is 13.1. The van der Waals surface area contributed by atoms with E-state index in [1.54, 1.807) is 19.1 Å². The fraction of sp³-hybridized carbons (Fsp3) is 0.308. The average molecular weight is 278 g/mol. The molecule has 2 N–H and O–H groups in total. The molecule has 1 heterocycles. The van der Waals surface area contributed by atoms with E-state index in [1.807, 2.05) is 0 Å². The number of rotatable bonds is 5. The molecule has 0 aliphatic carbocycles. The number of amides is 1. The Hall–Kier alpha value is -2.28. The second-order valence-electron chi connectivity index (χ2n) is 4.49. The largest absolute Gasteiger partial charge is 0.394 e. The second-order valence-corrected chi connectivity index (χ2v) is 4.49. The molecular weight excluding hydrogens is 263 g/mol. The summed E-state index contributed by atoms with van der Waals surface area (Å²) >= 11 is 0. The minimum absolute atomic E-state index is 0.150.